The number of benzene rings is 1. The van der Waals surface area contributed by atoms with Crippen LogP contribution in [0.15, 0.2) is 54.3 Å². The molecule has 0 saturated carbocycles. The first-order chi connectivity index (χ1) is 10.6. The Hall–Kier alpha value is -2.03. The largest absolute Gasteiger partial charge is 0.481 e. The summed E-state index contributed by atoms with van der Waals surface area (Å²) in [5, 5.41) is 9.11. The van der Waals surface area contributed by atoms with Gasteiger partial charge in [-0.2, -0.15) is 0 Å². The Morgan fingerprint density at radius 1 is 1.36 bits per heavy atom. The number of rotatable bonds is 4. The molecule has 1 heterocycles. The molecule has 1 aromatic carbocycles. The van der Waals surface area contributed by atoms with E-state index in [1.54, 1.807) is 0 Å². The van der Waals surface area contributed by atoms with E-state index in [-0.39, 0.29) is 11.3 Å². The van der Waals surface area contributed by atoms with Crippen LogP contribution in [-0.4, -0.2) is 29.1 Å². The van der Waals surface area contributed by atoms with Crippen molar-refractivity contribution in [1.82, 2.24) is 4.90 Å². The second kappa shape index (κ2) is 5.99. The summed E-state index contributed by atoms with van der Waals surface area (Å²) in [7, 11) is 0. The van der Waals surface area contributed by atoms with Crippen molar-refractivity contribution >= 4 is 5.97 Å². The highest BCUT2D eigenvalue weighted by molar-refractivity contribution is 5.70. The smallest absolute Gasteiger partial charge is 0.308 e. The Morgan fingerprint density at radius 2 is 2.14 bits per heavy atom. The van der Waals surface area contributed by atoms with Gasteiger partial charge in [-0.25, -0.2) is 0 Å². The Kier molecular flexibility index (Phi) is 4.06. The molecule has 22 heavy (non-hydrogen) atoms. The van der Waals surface area contributed by atoms with Crippen LogP contribution in [0.3, 0.4) is 0 Å². The normalized spacial score (nSPS) is 27.8. The molecule has 1 N–H and O–H groups in total. The minimum Gasteiger partial charge on any atom is -0.481 e. The summed E-state index contributed by atoms with van der Waals surface area (Å²) in [6.07, 6.45) is 9.53. The molecule has 0 amide bonds. The van der Waals surface area contributed by atoms with Gasteiger partial charge in [0.1, 0.15) is 0 Å². The minimum atomic E-state index is -0.670. The van der Waals surface area contributed by atoms with Crippen molar-refractivity contribution in [2.75, 3.05) is 13.1 Å². The molecule has 0 bridgehead atoms. The molecule has 1 aromatic rings. The summed E-state index contributed by atoms with van der Waals surface area (Å²) in [5.74, 6) is -0.885. The molecule has 0 radical (unpaired) electrons. The van der Waals surface area contributed by atoms with E-state index in [1.807, 2.05) is 6.07 Å². The van der Waals surface area contributed by atoms with Crippen molar-refractivity contribution < 1.29 is 9.90 Å². The maximum atomic E-state index is 11.1. The average Bonchev–Trinajstić information content (AvgIpc) is 2.99. The zero-order chi connectivity index (χ0) is 15.6. The van der Waals surface area contributed by atoms with Gasteiger partial charge in [-0.3, -0.25) is 4.79 Å². The zero-order valence-electron chi connectivity index (χ0n) is 13.0. The van der Waals surface area contributed by atoms with Gasteiger partial charge in [-0.05, 0) is 36.3 Å². The van der Waals surface area contributed by atoms with Crippen LogP contribution in [0, 0.1) is 11.3 Å². The lowest BCUT2D eigenvalue weighted by molar-refractivity contribution is -0.141. The molecule has 1 fully saturated rings. The van der Waals surface area contributed by atoms with Gasteiger partial charge in [0.15, 0.2) is 0 Å². The van der Waals surface area contributed by atoms with Gasteiger partial charge >= 0.3 is 5.97 Å². The SMILES string of the molecule is CC1(Cc2ccccc2)C=CC(N2CCC(C(=O)O)C2)=CC1. The Bertz CT molecular complexity index is 605. The molecule has 2 aliphatic rings. The first-order valence-electron chi connectivity index (χ1n) is 7.97. The second-order valence-electron chi connectivity index (χ2n) is 6.75. The standard InChI is InChI=1S/C19H23NO2/c1-19(13-15-5-3-2-4-6-15)10-7-17(8-11-19)20-12-9-16(14-20)18(21)22/h2-8,10,16H,9,11-14H2,1H3,(H,21,22). The first-order valence-corrected chi connectivity index (χ1v) is 7.97. The van der Waals surface area contributed by atoms with Crippen LogP contribution in [0.25, 0.3) is 0 Å². The number of carbonyl (C=O) groups is 1. The molecule has 3 rings (SSSR count). The fourth-order valence-electron chi connectivity index (χ4n) is 3.38. The van der Waals surface area contributed by atoms with Gasteiger partial charge in [-0.1, -0.05) is 49.4 Å². The number of hydrogen-bond donors (Lipinski definition) is 1. The third-order valence-corrected chi connectivity index (χ3v) is 4.79. The van der Waals surface area contributed by atoms with E-state index < -0.39 is 5.97 Å². The Morgan fingerprint density at radius 3 is 2.73 bits per heavy atom. The van der Waals surface area contributed by atoms with Crippen LogP contribution < -0.4 is 0 Å². The summed E-state index contributed by atoms with van der Waals surface area (Å²) >= 11 is 0. The maximum absolute atomic E-state index is 11.1. The predicted octanol–water partition coefficient (Wildman–Crippen LogP) is 3.49. The van der Waals surface area contributed by atoms with Crippen molar-refractivity contribution in [3.63, 3.8) is 0 Å². The van der Waals surface area contributed by atoms with Crippen molar-refractivity contribution in [1.29, 1.82) is 0 Å². The van der Waals surface area contributed by atoms with E-state index in [1.165, 1.54) is 11.3 Å². The van der Waals surface area contributed by atoms with E-state index in [0.717, 1.165) is 25.8 Å². The van der Waals surface area contributed by atoms with Gasteiger partial charge in [-0.15, -0.1) is 0 Å². The molecule has 1 saturated heterocycles. The van der Waals surface area contributed by atoms with Crippen LogP contribution >= 0.6 is 0 Å². The maximum Gasteiger partial charge on any atom is 0.308 e. The van der Waals surface area contributed by atoms with Crippen LogP contribution in [0.5, 0.6) is 0 Å². The topological polar surface area (TPSA) is 40.5 Å². The summed E-state index contributed by atoms with van der Waals surface area (Å²) in [5.41, 5.74) is 2.70. The van der Waals surface area contributed by atoms with Crippen LogP contribution in [0.4, 0.5) is 0 Å². The predicted molar refractivity (Wildman–Crippen MR) is 87.4 cm³/mol. The minimum absolute atomic E-state index is 0.150. The highest BCUT2D eigenvalue weighted by Crippen LogP contribution is 2.35. The fraction of sp³-hybridized carbons (Fsp3) is 0.421. The monoisotopic (exact) mass is 297 g/mol. The molecule has 0 aromatic heterocycles. The van der Waals surface area contributed by atoms with Gasteiger partial charge in [0.05, 0.1) is 5.92 Å². The van der Waals surface area contributed by atoms with Crippen molar-refractivity contribution in [3.8, 4) is 0 Å². The number of hydrogen-bond acceptors (Lipinski definition) is 2. The molecular weight excluding hydrogens is 274 g/mol. The highest BCUT2D eigenvalue weighted by atomic mass is 16.4. The lowest BCUT2D eigenvalue weighted by atomic mass is 9.78. The number of nitrogens with zero attached hydrogens (tertiary/aromatic N) is 1. The molecule has 0 spiro atoms. The summed E-state index contributed by atoms with van der Waals surface area (Å²) in [6, 6.07) is 10.6. The van der Waals surface area contributed by atoms with E-state index in [0.29, 0.717) is 6.54 Å². The van der Waals surface area contributed by atoms with Gasteiger partial charge in [0.25, 0.3) is 0 Å². The second-order valence-corrected chi connectivity index (χ2v) is 6.75. The summed E-state index contributed by atoms with van der Waals surface area (Å²) in [6.45, 7) is 3.78. The highest BCUT2D eigenvalue weighted by Gasteiger charge is 2.30. The fourth-order valence-corrected chi connectivity index (χ4v) is 3.38. The van der Waals surface area contributed by atoms with E-state index in [2.05, 4.69) is 54.3 Å². The number of likely N-dealkylation sites (tertiary alicyclic amines) is 1. The number of aliphatic carboxylic acids is 1. The summed E-state index contributed by atoms with van der Waals surface area (Å²) < 4.78 is 0. The van der Waals surface area contributed by atoms with Gasteiger partial charge in [0.2, 0.25) is 0 Å². The molecule has 116 valence electrons. The first kappa shape index (κ1) is 14.9. The Balaban J connectivity index is 1.63. The number of carboxylic acids is 1. The molecular formula is C19H23NO2. The third-order valence-electron chi connectivity index (χ3n) is 4.79. The van der Waals surface area contributed by atoms with E-state index in [9.17, 15) is 4.79 Å². The van der Waals surface area contributed by atoms with Gasteiger partial charge < -0.3 is 10.0 Å². The van der Waals surface area contributed by atoms with Gasteiger partial charge in [0, 0.05) is 18.8 Å². The molecule has 1 aliphatic carbocycles. The van der Waals surface area contributed by atoms with E-state index in [4.69, 9.17) is 5.11 Å². The lowest BCUT2D eigenvalue weighted by Gasteiger charge is -2.31. The van der Waals surface area contributed by atoms with E-state index >= 15 is 0 Å². The lowest BCUT2D eigenvalue weighted by Crippen LogP contribution is -2.25. The number of carboxylic acid groups (broad SMARTS) is 1. The number of allylic oxidation sites excluding steroid dienone is 3. The third kappa shape index (κ3) is 3.24. The van der Waals surface area contributed by atoms with Crippen LogP contribution in [0.1, 0.15) is 25.3 Å². The summed E-state index contributed by atoms with van der Waals surface area (Å²) in [4.78, 5) is 13.3. The van der Waals surface area contributed by atoms with Crippen LogP contribution in [-0.2, 0) is 11.2 Å². The molecule has 1 aliphatic heterocycles. The van der Waals surface area contributed by atoms with Crippen molar-refractivity contribution in [2.24, 2.45) is 11.3 Å². The molecule has 2 unspecified atom stereocenters. The van der Waals surface area contributed by atoms with Crippen LogP contribution in [0.2, 0.25) is 0 Å². The van der Waals surface area contributed by atoms with Crippen molar-refractivity contribution in [3.05, 3.63) is 59.8 Å². The molecule has 3 nitrogen and oxygen atoms in total. The zero-order valence-corrected chi connectivity index (χ0v) is 13.0. The quantitative estimate of drug-likeness (QED) is 0.925. The van der Waals surface area contributed by atoms with Crippen molar-refractivity contribution in [2.45, 2.75) is 26.2 Å². The average molecular weight is 297 g/mol. The Labute approximate surface area is 132 Å². The molecule has 2 atom stereocenters. The molecule has 3 heteroatoms.